The Kier molecular flexibility index (Phi) is 3.38. The van der Waals surface area contributed by atoms with Gasteiger partial charge in [-0.1, -0.05) is 6.92 Å². The highest BCUT2D eigenvalue weighted by Crippen LogP contribution is 2.22. The van der Waals surface area contributed by atoms with Crippen LogP contribution >= 0.6 is 0 Å². The zero-order valence-corrected chi connectivity index (χ0v) is 9.49. The van der Waals surface area contributed by atoms with Crippen molar-refractivity contribution in [3.8, 4) is 0 Å². The Balaban J connectivity index is 2.92. The molecule has 0 aliphatic rings. The van der Waals surface area contributed by atoms with Crippen LogP contribution in [0.25, 0.3) is 0 Å². The third-order valence-electron chi connectivity index (χ3n) is 2.20. The molecule has 0 atom stereocenters. The van der Waals surface area contributed by atoms with E-state index in [-0.39, 0.29) is 0 Å². The number of aromatic nitrogens is 2. The number of hydrogen-bond donors (Lipinski definition) is 1. The van der Waals surface area contributed by atoms with Crippen LogP contribution in [0.3, 0.4) is 0 Å². The molecule has 2 N–H and O–H groups in total. The maximum Gasteiger partial charge on any atom is 0.174 e. The first kappa shape index (κ1) is 10.9. The van der Waals surface area contributed by atoms with Crippen LogP contribution in [0.15, 0.2) is 6.20 Å². The van der Waals surface area contributed by atoms with Crippen LogP contribution in [0.5, 0.6) is 0 Å². The fourth-order valence-corrected chi connectivity index (χ4v) is 1.57. The summed E-state index contributed by atoms with van der Waals surface area (Å²) in [6.07, 6.45) is 2.95. The van der Waals surface area contributed by atoms with Crippen molar-refractivity contribution in [1.82, 2.24) is 9.78 Å². The molecule has 4 nitrogen and oxygen atoms in total. The van der Waals surface area contributed by atoms with E-state index in [0.717, 1.165) is 24.5 Å². The van der Waals surface area contributed by atoms with E-state index in [4.69, 9.17) is 5.73 Å². The van der Waals surface area contributed by atoms with Crippen molar-refractivity contribution in [2.24, 2.45) is 7.05 Å². The van der Waals surface area contributed by atoms with Crippen LogP contribution in [-0.4, -0.2) is 22.4 Å². The Morgan fingerprint density at radius 1 is 1.57 bits per heavy atom. The highest BCUT2D eigenvalue weighted by molar-refractivity contribution is 5.62. The molecule has 0 amide bonds. The molecule has 0 aliphatic heterocycles. The standard InChI is InChI=1S/C10H20N4/c1-5-6-14(8(2)3)10-9(11)7-13(4)12-10/h7-8H,5-6,11H2,1-4H3. The van der Waals surface area contributed by atoms with Crippen LogP contribution in [0.4, 0.5) is 11.5 Å². The molecule has 0 aromatic carbocycles. The van der Waals surface area contributed by atoms with Gasteiger partial charge in [-0.25, -0.2) is 0 Å². The third-order valence-corrected chi connectivity index (χ3v) is 2.20. The van der Waals surface area contributed by atoms with Crippen molar-refractivity contribution in [3.63, 3.8) is 0 Å². The lowest BCUT2D eigenvalue weighted by atomic mass is 10.3. The number of rotatable bonds is 4. The Morgan fingerprint density at radius 2 is 2.21 bits per heavy atom. The number of nitrogen functional groups attached to an aromatic ring is 1. The van der Waals surface area contributed by atoms with E-state index in [1.807, 2.05) is 13.2 Å². The first-order valence-corrected chi connectivity index (χ1v) is 5.12. The van der Waals surface area contributed by atoms with E-state index in [2.05, 4.69) is 30.8 Å². The Bertz CT molecular complexity index is 290. The van der Waals surface area contributed by atoms with Gasteiger partial charge in [0.2, 0.25) is 0 Å². The van der Waals surface area contributed by atoms with Crippen molar-refractivity contribution in [3.05, 3.63) is 6.20 Å². The summed E-state index contributed by atoms with van der Waals surface area (Å²) in [5.74, 6) is 0.907. The summed E-state index contributed by atoms with van der Waals surface area (Å²) in [6.45, 7) is 7.47. The molecule has 1 aromatic heterocycles. The Hall–Kier alpha value is -1.19. The van der Waals surface area contributed by atoms with E-state index in [1.165, 1.54) is 0 Å². The van der Waals surface area contributed by atoms with Gasteiger partial charge in [-0.2, -0.15) is 5.10 Å². The summed E-state index contributed by atoms with van der Waals surface area (Å²) in [4.78, 5) is 2.23. The topological polar surface area (TPSA) is 47.1 Å². The minimum absolute atomic E-state index is 0.437. The van der Waals surface area contributed by atoms with Crippen molar-refractivity contribution in [1.29, 1.82) is 0 Å². The predicted octanol–water partition coefficient (Wildman–Crippen LogP) is 1.63. The summed E-state index contributed by atoms with van der Waals surface area (Å²) in [5, 5.41) is 4.37. The second kappa shape index (κ2) is 4.35. The fourth-order valence-electron chi connectivity index (χ4n) is 1.57. The van der Waals surface area contributed by atoms with Crippen LogP contribution < -0.4 is 10.6 Å². The average Bonchev–Trinajstić information content (AvgIpc) is 2.40. The lowest BCUT2D eigenvalue weighted by Gasteiger charge is -2.26. The smallest absolute Gasteiger partial charge is 0.174 e. The molecule has 0 fully saturated rings. The van der Waals surface area contributed by atoms with Gasteiger partial charge in [0, 0.05) is 25.8 Å². The lowest BCUT2D eigenvalue weighted by Crippen LogP contribution is -2.32. The zero-order valence-electron chi connectivity index (χ0n) is 9.49. The zero-order chi connectivity index (χ0) is 10.7. The monoisotopic (exact) mass is 196 g/mol. The first-order chi connectivity index (χ1) is 6.56. The molecule has 0 spiro atoms. The summed E-state index contributed by atoms with van der Waals surface area (Å²) in [6, 6.07) is 0.437. The van der Waals surface area contributed by atoms with Crippen LogP contribution in [0.1, 0.15) is 27.2 Å². The molecule has 4 heteroatoms. The number of nitrogens with two attached hydrogens (primary N) is 1. The molecule has 1 rings (SSSR count). The molecular formula is C10H20N4. The van der Waals surface area contributed by atoms with Crippen LogP contribution in [-0.2, 0) is 7.05 Å². The van der Waals surface area contributed by atoms with E-state index in [9.17, 15) is 0 Å². The second-order valence-corrected chi connectivity index (χ2v) is 3.87. The molecule has 0 bridgehead atoms. The van der Waals surface area contributed by atoms with Gasteiger partial charge < -0.3 is 10.6 Å². The molecule has 14 heavy (non-hydrogen) atoms. The maximum absolute atomic E-state index is 5.89. The number of aryl methyl sites for hydroxylation is 1. The second-order valence-electron chi connectivity index (χ2n) is 3.87. The summed E-state index contributed by atoms with van der Waals surface area (Å²) in [7, 11) is 1.89. The molecule has 0 saturated heterocycles. The van der Waals surface area contributed by atoms with Gasteiger partial charge in [0.15, 0.2) is 5.82 Å². The van der Waals surface area contributed by atoms with E-state index >= 15 is 0 Å². The Morgan fingerprint density at radius 3 is 2.57 bits per heavy atom. The van der Waals surface area contributed by atoms with Gasteiger partial charge in [0.25, 0.3) is 0 Å². The van der Waals surface area contributed by atoms with Gasteiger partial charge in [-0.15, -0.1) is 0 Å². The normalized spacial score (nSPS) is 10.9. The van der Waals surface area contributed by atoms with Gasteiger partial charge in [0.1, 0.15) is 0 Å². The van der Waals surface area contributed by atoms with Gasteiger partial charge in [-0.3, -0.25) is 4.68 Å². The molecule has 0 aliphatic carbocycles. The summed E-state index contributed by atoms with van der Waals surface area (Å²) >= 11 is 0. The molecule has 1 heterocycles. The number of hydrogen-bond acceptors (Lipinski definition) is 3. The summed E-state index contributed by atoms with van der Waals surface area (Å²) < 4.78 is 1.76. The lowest BCUT2D eigenvalue weighted by molar-refractivity contribution is 0.649. The van der Waals surface area contributed by atoms with Crippen molar-refractivity contribution in [2.75, 3.05) is 17.2 Å². The highest BCUT2D eigenvalue weighted by Gasteiger charge is 2.15. The minimum Gasteiger partial charge on any atom is -0.394 e. The van der Waals surface area contributed by atoms with Gasteiger partial charge >= 0.3 is 0 Å². The van der Waals surface area contributed by atoms with E-state index in [0.29, 0.717) is 6.04 Å². The molecule has 0 radical (unpaired) electrons. The van der Waals surface area contributed by atoms with Gasteiger partial charge in [-0.05, 0) is 20.3 Å². The Labute approximate surface area is 85.7 Å². The minimum atomic E-state index is 0.437. The van der Waals surface area contributed by atoms with Crippen molar-refractivity contribution in [2.45, 2.75) is 33.2 Å². The number of anilines is 2. The summed E-state index contributed by atoms with van der Waals surface area (Å²) in [5.41, 5.74) is 6.64. The average molecular weight is 196 g/mol. The van der Waals surface area contributed by atoms with Crippen molar-refractivity contribution >= 4 is 11.5 Å². The first-order valence-electron chi connectivity index (χ1n) is 5.12. The van der Waals surface area contributed by atoms with Crippen LogP contribution in [0.2, 0.25) is 0 Å². The van der Waals surface area contributed by atoms with Crippen LogP contribution in [0, 0.1) is 0 Å². The predicted molar refractivity (Wildman–Crippen MR) is 60.4 cm³/mol. The van der Waals surface area contributed by atoms with Gasteiger partial charge in [0.05, 0.1) is 5.69 Å². The van der Waals surface area contributed by atoms with E-state index < -0.39 is 0 Å². The SMILES string of the molecule is CCCN(c1nn(C)cc1N)C(C)C. The largest absolute Gasteiger partial charge is 0.394 e. The maximum atomic E-state index is 5.89. The fraction of sp³-hybridized carbons (Fsp3) is 0.700. The molecule has 1 aromatic rings. The van der Waals surface area contributed by atoms with Crippen molar-refractivity contribution < 1.29 is 0 Å². The molecule has 0 unspecified atom stereocenters. The molecule has 0 saturated carbocycles. The quantitative estimate of drug-likeness (QED) is 0.796. The molecule has 80 valence electrons. The molecular weight excluding hydrogens is 176 g/mol. The number of nitrogens with zero attached hydrogens (tertiary/aromatic N) is 3. The highest BCUT2D eigenvalue weighted by atomic mass is 15.4. The third kappa shape index (κ3) is 2.19. The van der Waals surface area contributed by atoms with E-state index in [1.54, 1.807) is 4.68 Å².